The van der Waals surface area contributed by atoms with Gasteiger partial charge in [-0.25, -0.2) is 13.6 Å². The van der Waals surface area contributed by atoms with Crippen molar-refractivity contribution in [2.24, 2.45) is 125 Å². The number of allylic oxidation sites excluding steroid dienone is 5. The summed E-state index contributed by atoms with van der Waals surface area (Å²) in [6, 6.07) is 0. The fourth-order valence-electron chi connectivity index (χ4n) is 33.2. The summed E-state index contributed by atoms with van der Waals surface area (Å²) in [6.45, 7) is 37.1. The molecule has 12 saturated carbocycles. The van der Waals surface area contributed by atoms with Crippen molar-refractivity contribution >= 4 is 125 Å². The summed E-state index contributed by atoms with van der Waals surface area (Å²) in [5.74, 6) is -6.51. The van der Waals surface area contributed by atoms with Crippen LogP contribution in [0.4, 0.5) is 8.78 Å². The lowest BCUT2D eigenvalue weighted by molar-refractivity contribution is -0.184. The number of Topliss-reactive ketones (excluding diaryl/α,β-unsaturated/α-hetero) is 4. The number of fused-ring (bicyclic) bond motifs is 20. The minimum Gasteiger partial charge on any atom is -0.457 e. The number of halogens is 5. The van der Waals surface area contributed by atoms with E-state index in [4.69, 9.17) is 25.8 Å². The highest BCUT2D eigenvalue weighted by Crippen LogP contribution is 2.74. The van der Waals surface area contributed by atoms with E-state index < -0.39 is 185 Å². The lowest BCUT2D eigenvalue weighted by Crippen LogP contribution is -2.62. The summed E-state index contributed by atoms with van der Waals surface area (Å²) in [7, 11) is 0. The number of hydrogen-bond acceptors (Lipinski definition) is 26. The molecule has 12 fully saturated rings. The van der Waals surface area contributed by atoms with Crippen LogP contribution in [0, 0.1) is 125 Å². The van der Waals surface area contributed by atoms with Crippen LogP contribution >= 0.6 is 43.5 Å². The summed E-state index contributed by atoms with van der Waals surface area (Å²) in [5.41, 5.74) is -8.26. The molecule has 11 N–H and O–H groups in total. The lowest BCUT2D eigenvalue weighted by atomic mass is 9.45. The van der Waals surface area contributed by atoms with E-state index in [1.54, 1.807) is 52.0 Å². The zero-order valence-corrected chi connectivity index (χ0v) is 91.9. The lowest BCUT2D eigenvalue weighted by Gasteiger charge is -2.60. The van der Waals surface area contributed by atoms with Gasteiger partial charge < -0.3 is 70.8 Å². The van der Waals surface area contributed by atoms with Crippen LogP contribution < -0.4 is 10.6 Å². The van der Waals surface area contributed by atoms with Crippen LogP contribution in [-0.2, 0) is 81.3 Å². The first-order chi connectivity index (χ1) is 68.1. The monoisotopic (exact) mass is 2230 g/mol. The van der Waals surface area contributed by atoms with Crippen molar-refractivity contribution in [2.45, 2.75) is 372 Å². The number of rotatable bonds is 28. The first kappa shape index (κ1) is 122. The SMILES string of the molecule is C.C.C=C(CNC(=O)C(F)C(F)C(=O)NCC(=C)C(C)(C)CC(C)(Br)C(=O)OCC(=O)C1(O)CCC2C3CCC4=CC(=O)CCC4(C)C3C(O)CC21C)C(C)(C)CC(C)(Br)C(=O)OCC(=O)C1(O)CCC2C3CCC4=CC(=O)CCC4(C)C3C(O)CC21C.C=CC(=O)Cl.C=CC(=O)OCC(=O)C1(O)CCC2C3CCC4=CC(=O)CCC4(C)C3C(O)CC21C.CC12CCC(=O)C=C1CCC1C2C(O)CC2(C)C1CCC2(O)C(=O)CO. The van der Waals surface area contributed by atoms with E-state index in [9.17, 15) is 113 Å². The van der Waals surface area contributed by atoms with Crippen LogP contribution in [0.25, 0.3) is 0 Å². The fourth-order valence-corrected chi connectivity index (χ4v) is 34.9. The van der Waals surface area contributed by atoms with Crippen molar-refractivity contribution in [3.05, 3.63) is 96.2 Å². The van der Waals surface area contributed by atoms with Gasteiger partial charge in [0.25, 0.3) is 11.8 Å². The van der Waals surface area contributed by atoms with Crippen LogP contribution in [0.2, 0.25) is 0 Å². The number of ether oxygens (including phenoxy) is 3. The van der Waals surface area contributed by atoms with Crippen LogP contribution in [-0.4, -0.2) is 235 Å². The number of nitrogens with one attached hydrogen (secondary N) is 2. The van der Waals surface area contributed by atoms with E-state index in [0.717, 1.165) is 86.7 Å². The Kier molecular flexibility index (Phi) is 36.3. The number of alkyl halides is 4. The van der Waals surface area contributed by atoms with Crippen LogP contribution in [0.3, 0.4) is 0 Å². The number of amides is 2. The summed E-state index contributed by atoms with van der Waals surface area (Å²) < 4.78 is 44.0. The second-order valence-corrected chi connectivity index (χ2v) is 54.1. The average molecular weight is 2240 g/mol. The Labute approximate surface area is 898 Å². The van der Waals surface area contributed by atoms with Crippen LogP contribution in [0.1, 0.15) is 304 Å². The van der Waals surface area contributed by atoms with E-state index >= 15 is 8.78 Å². The molecule has 16 aliphatic carbocycles. The molecule has 16 rings (SSSR count). The maximum absolute atomic E-state index is 15.4. The molecule has 830 valence electrons. The zero-order chi connectivity index (χ0) is 109. The highest BCUT2D eigenvalue weighted by Gasteiger charge is 2.74. The number of esters is 3. The van der Waals surface area contributed by atoms with Gasteiger partial charge in [0.05, 0.1) is 24.4 Å². The Bertz CT molecular complexity index is 5280. The third-order valence-electron chi connectivity index (χ3n) is 41.5. The van der Waals surface area contributed by atoms with E-state index in [1.807, 2.05) is 27.7 Å². The standard InChI is InChI=1S/C66H92Br2F2N2O14.C24H32O6.C21H30O5.C3H3ClO.2CH4/c1-35(57(3,4)33-63(11,67)55(81)85-31-47(77)65(83)23-19-43-41-15-13-37-25-39(73)17-21-59(37,7)49(41)45(75)27-61(43,65)9)29-71-53(79)51(69)52(70)54(80)72-30-36(2)58(5,6)34-64(12,68)56(82)86-32-48(78)66(84)24-20-44-42-16-14-38-26-40(74)18-22-60(38,8)50(42)46(76)28-62(44,66)10;1-4-20(28)30-13-19(27)24(29)10-8-17-16-6-5-14-11-15(25)7-9-22(14,2)21(16)18(26)12-23(17,24)3;1-19-7-5-13(23)9-12(19)3-4-14-15-6-8-21(26,17(25)11-22)20(15,2)10-16(24)18(14)19;1-2-3(4)5;;/h25-26,41-46,49-52,75-76,83-84H,1-2,13-24,27-34H2,3-12H3,(H,71,79)(H,72,80);4,11,16-18,21,26,29H,1,5-10,12-13H2,2-3H3;9,14-16,18,22,24,26H,3-8,10-11H2,1-2H3;2H,1H2;2*1H4. The molecule has 28 nitrogen and oxygen atoms in total. The fraction of sp³-hybridized carbons (Fsp3) is 0.741. The van der Waals surface area contributed by atoms with Gasteiger partial charge in [0.1, 0.15) is 37.7 Å². The molecule has 0 aromatic carbocycles. The normalized spacial score (nSPS) is 39.9. The Morgan fingerprint density at radius 1 is 0.416 bits per heavy atom. The van der Waals surface area contributed by atoms with Crippen LogP contribution in [0.5, 0.6) is 0 Å². The Morgan fingerprint density at radius 3 is 0.879 bits per heavy atom. The maximum atomic E-state index is 15.4. The molecule has 32 unspecified atom stereocenters. The van der Waals surface area contributed by atoms with Gasteiger partial charge >= 0.3 is 17.9 Å². The van der Waals surface area contributed by atoms with Crippen LogP contribution in [0.15, 0.2) is 96.2 Å². The van der Waals surface area contributed by atoms with Gasteiger partial charge in [0.2, 0.25) is 34.9 Å². The first-order valence-electron chi connectivity index (χ1n) is 52.9. The molecular weight excluding hydrogens is 2070 g/mol. The van der Waals surface area contributed by atoms with E-state index in [0.29, 0.717) is 107 Å². The molecule has 0 spiro atoms. The number of aliphatic hydroxyl groups excluding tert-OH is 5. The van der Waals surface area contributed by atoms with Crippen molar-refractivity contribution < 1.29 is 136 Å². The molecular formula is C116H165Br2ClF2N2O26. The van der Waals surface area contributed by atoms with Gasteiger partial charge in [-0.05, 0) is 326 Å². The molecule has 33 heteroatoms. The Morgan fingerprint density at radius 2 is 0.651 bits per heavy atom. The highest BCUT2D eigenvalue weighted by molar-refractivity contribution is 9.10. The van der Waals surface area contributed by atoms with Gasteiger partial charge in [-0.3, -0.25) is 62.3 Å². The molecule has 32 atom stereocenters. The number of ketones is 8. The zero-order valence-electron chi connectivity index (χ0n) is 88.0. The van der Waals surface area contributed by atoms with Crippen molar-refractivity contribution in [1.82, 2.24) is 10.6 Å². The predicted molar refractivity (Wildman–Crippen MR) is 562 cm³/mol. The molecule has 0 aliphatic heterocycles. The summed E-state index contributed by atoms with van der Waals surface area (Å²) in [4.78, 5) is 176. The summed E-state index contributed by atoms with van der Waals surface area (Å²) in [5, 5.41) is 107. The van der Waals surface area contributed by atoms with Crippen molar-refractivity contribution in [2.75, 3.05) is 39.5 Å². The second kappa shape index (κ2) is 44.2. The molecule has 0 radical (unpaired) electrons. The Balaban J connectivity index is 0.000000267. The number of carbonyl (C=O) groups excluding carboxylic acids is 14. The van der Waals surface area contributed by atoms with E-state index in [1.165, 1.54) is 19.4 Å². The molecule has 149 heavy (non-hydrogen) atoms. The highest BCUT2D eigenvalue weighted by atomic mass is 79.9. The topological polar surface area (TPSA) is 473 Å². The minimum absolute atomic E-state index is 0. The maximum Gasteiger partial charge on any atom is 0.330 e. The van der Waals surface area contributed by atoms with Crippen molar-refractivity contribution in [3.63, 3.8) is 0 Å². The van der Waals surface area contributed by atoms with Gasteiger partial charge in [-0.2, -0.15) is 0 Å². The smallest absolute Gasteiger partial charge is 0.330 e. The van der Waals surface area contributed by atoms with Gasteiger partial charge in [-0.15, -0.1) is 0 Å². The molecule has 0 aromatic heterocycles. The van der Waals surface area contributed by atoms with Crippen molar-refractivity contribution in [1.29, 1.82) is 0 Å². The third kappa shape index (κ3) is 21.5. The van der Waals surface area contributed by atoms with Gasteiger partial charge in [0, 0.05) is 66.5 Å². The Hall–Kier alpha value is -6.95. The molecule has 0 heterocycles. The molecule has 16 aliphatic rings. The van der Waals surface area contributed by atoms with Crippen molar-refractivity contribution in [3.8, 4) is 0 Å². The largest absolute Gasteiger partial charge is 0.457 e. The van der Waals surface area contributed by atoms with Gasteiger partial charge in [0.15, 0.2) is 48.7 Å². The number of aliphatic hydroxyl groups is 9. The number of carbonyl (C=O) groups is 14. The van der Waals surface area contributed by atoms with E-state index in [2.05, 4.69) is 96.5 Å². The minimum atomic E-state index is -2.93. The third-order valence-corrected chi connectivity index (χ3v) is 42.9. The quantitative estimate of drug-likeness (QED) is 0.00865. The van der Waals surface area contributed by atoms with Gasteiger partial charge in [-0.1, -0.05) is 190 Å². The molecule has 2 amide bonds. The predicted octanol–water partition coefficient (Wildman–Crippen LogP) is 15.3. The van der Waals surface area contributed by atoms with E-state index in [-0.39, 0.29) is 182 Å². The molecule has 0 bridgehead atoms. The molecule has 0 aromatic rings. The second-order valence-electron chi connectivity index (χ2n) is 50.2. The summed E-state index contributed by atoms with van der Waals surface area (Å²) in [6.07, 6.45) is 16.0. The molecule has 0 saturated heterocycles. The summed E-state index contributed by atoms with van der Waals surface area (Å²) >= 11 is 11.6. The average Bonchev–Trinajstić information content (AvgIpc) is 1.62. The first-order valence-corrected chi connectivity index (χ1v) is 54.9. The number of hydrogen-bond donors (Lipinski definition) is 11.